The third kappa shape index (κ3) is 3.90. The summed E-state index contributed by atoms with van der Waals surface area (Å²) in [5.41, 5.74) is 3.25. The van der Waals surface area contributed by atoms with Gasteiger partial charge in [-0.25, -0.2) is 14.3 Å². The Morgan fingerprint density at radius 1 is 1.07 bits per heavy atom. The highest BCUT2D eigenvalue weighted by Gasteiger charge is 2.16. The highest BCUT2D eigenvalue weighted by Crippen LogP contribution is 2.22. The summed E-state index contributed by atoms with van der Waals surface area (Å²) in [6.45, 7) is 2.78. The molecule has 4 aromatic rings. The molecule has 0 fully saturated rings. The van der Waals surface area contributed by atoms with E-state index >= 15 is 0 Å². The smallest absolute Gasteiger partial charge is 0.199 e. The topological polar surface area (TPSA) is 56.7 Å². The molecule has 0 saturated carbocycles. The predicted molar refractivity (Wildman–Crippen MR) is 115 cm³/mol. The fourth-order valence-corrected chi connectivity index (χ4v) is 3.44. The molecule has 0 amide bonds. The monoisotopic (exact) mass is 405 g/mol. The second-order valence-corrected chi connectivity index (χ2v) is 7.40. The van der Waals surface area contributed by atoms with Crippen LogP contribution in [0.3, 0.4) is 0 Å². The number of hydrogen-bond donors (Lipinski definition) is 0. The minimum Gasteiger partial charge on any atom is -0.303 e. The van der Waals surface area contributed by atoms with Gasteiger partial charge in [-0.15, -0.1) is 0 Å². The molecule has 0 radical (unpaired) electrons. The van der Waals surface area contributed by atoms with Crippen molar-refractivity contribution in [2.24, 2.45) is 7.05 Å². The number of aromatic nitrogens is 6. The highest BCUT2D eigenvalue weighted by molar-refractivity contribution is 7.71. The molecule has 1 atom stereocenters. The van der Waals surface area contributed by atoms with Crippen molar-refractivity contribution in [3.8, 4) is 17.1 Å². The predicted octanol–water partition coefficient (Wildman–Crippen LogP) is 3.85. The molecule has 2 aromatic carbocycles. The Kier molecular flexibility index (Phi) is 5.37. The van der Waals surface area contributed by atoms with E-state index < -0.39 is 0 Å². The Labute approximate surface area is 174 Å². The van der Waals surface area contributed by atoms with Gasteiger partial charge < -0.3 is 4.57 Å². The van der Waals surface area contributed by atoms with E-state index in [9.17, 15) is 0 Å². The number of rotatable bonds is 6. The first-order valence-electron chi connectivity index (χ1n) is 9.39. The normalized spacial score (nSPS) is 12.4. The quantitative estimate of drug-likeness (QED) is 0.456. The van der Waals surface area contributed by atoms with Gasteiger partial charge in [0, 0.05) is 18.7 Å². The van der Waals surface area contributed by atoms with Gasteiger partial charge in [-0.05, 0) is 43.9 Å². The van der Waals surface area contributed by atoms with Crippen molar-refractivity contribution in [3.63, 3.8) is 0 Å². The minimum absolute atomic E-state index is 0.198. The molecule has 0 spiro atoms. The lowest BCUT2D eigenvalue weighted by atomic mass is 10.1. The first-order valence-corrected chi connectivity index (χ1v) is 9.80. The van der Waals surface area contributed by atoms with Gasteiger partial charge in [0.15, 0.2) is 10.6 Å². The van der Waals surface area contributed by atoms with Crippen LogP contribution in [-0.4, -0.2) is 41.1 Å². The lowest BCUT2D eigenvalue weighted by molar-refractivity contribution is 0.194. The highest BCUT2D eigenvalue weighted by atomic mass is 32.1. The van der Waals surface area contributed by atoms with Crippen LogP contribution in [-0.2, 0) is 13.7 Å². The summed E-state index contributed by atoms with van der Waals surface area (Å²) in [6.07, 6.45) is 3.22. The largest absolute Gasteiger partial charge is 0.303 e. The van der Waals surface area contributed by atoms with Gasteiger partial charge in [-0.3, -0.25) is 4.90 Å². The zero-order chi connectivity index (χ0) is 20.4. The van der Waals surface area contributed by atoms with Crippen molar-refractivity contribution in [1.82, 2.24) is 34.0 Å². The standard InChI is InChI=1S/C21H23N7S/c1-16(17-9-11-19(12-10-17)27-14-22-13-23-27)25(2)15-28-21(29)26(3)20(24-28)18-7-5-4-6-8-18/h4-14,16H,15H2,1-3H3/t16-/m1/s1. The SMILES string of the molecule is C[C@H](c1ccc(-n2cncn2)cc1)N(C)Cn1nc(-c2ccccc2)n(C)c1=S. The Morgan fingerprint density at radius 3 is 2.45 bits per heavy atom. The first kappa shape index (κ1) is 19.2. The molecule has 2 aromatic heterocycles. The third-order valence-electron chi connectivity index (χ3n) is 5.15. The van der Waals surface area contributed by atoms with E-state index in [4.69, 9.17) is 17.3 Å². The van der Waals surface area contributed by atoms with Crippen molar-refractivity contribution in [1.29, 1.82) is 0 Å². The second kappa shape index (κ2) is 8.10. The van der Waals surface area contributed by atoms with Crippen molar-refractivity contribution in [2.75, 3.05) is 7.05 Å². The molecule has 4 rings (SSSR count). The summed E-state index contributed by atoms with van der Waals surface area (Å²) in [5, 5.41) is 8.93. The van der Waals surface area contributed by atoms with Crippen LogP contribution in [0.1, 0.15) is 18.5 Å². The van der Waals surface area contributed by atoms with E-state index in [0.717, 1.165) is 17.1 Å². The zero-order valence-electron chi connectivity index (χ0n) is 16.7. The van der Waals surface area contributed by atoms with Crippen LogP contribution in [0.25, 0.3) is 17.1 Å². The molecule has 2 heterocycles. The molecule has 0 saturated heterocycles. The zero-order valence-corrected chi connectivity index (χ0v) is 17.5. The van der Waals surface area contributed by atoms with E-state index in [1.54, 1.807) is 11.0 Å². The van der Waals surface area contributed by atoms with Crippen molar-refractivity contribution >= 4 is 12.2 Å². The average Bonchev–Trinajstić information content (AvgIpc) is 3.39. The van der Waals surface area contributed by atoms with Gasteiger partial charge in [0.25, 0.3) is 0 Å². The van der Waals surface area contributed by atoms with E-state index in [1.165, 1.54) is 11.9 Å². The molecule has 0 aliphatic carbocycles. The lowest BCUT2D eigenvalue weighted by Crippen LogP contribution is -2.26. The van der Waals surface area contributed by atoms with E-state index in [0.29, 0.717) is 11.4 Å². The second-order valence-electron chi connectivity index (χ2n) is 7.04. The Morgan fingerprint density at radius 2 is 1.79 bits per heavy atom. The van der Waals surface area contributed by atoms with Crippen LogP contribution in [0.5, 0.6) is 0 Å². The summed E-state index contributed by atoms with van der Waals surface area (Å²) >= 11 is 5.62. The molecule has 29 heavy (non-hydrogen) atoms. The summed E-state index contributed by atoms with van der Waals surface area (Å²) in [4.78, 5) is 6.22. The van der Waals surface area contributed by atoms with Crippen LogP contribution >= 0.6 is 12.2 Å². The summed E-state index contributed by atoms with van der Waals surface area (Å²) in [6, 6.07) is 18.6. The molecule has 0 N–H and O–H groups in total. The molecule has 0 aliphatic heterocycles. The molecule has 148 valence electrons. The molecule has 0 aliphatic rings. The van der Waals surface area contributed by atoms with Crippen LogP contribution in [0.15, 0.2) is 67.3 Å². The van der Waals surface area contributed by atoms with Gasteiger partial charge in [0.1, 0.15) is 12.7 Å². The van der Waals surface area contributed by atoms with Gasteiger partial charge in [0.2, 0.25) is 0 Å². The minimum atomic E-state index is 0.198. The first-order chi connectivity index (χ1) is 14.0. The number of hydrogen-bond acceptors (Lipinski definition) is 5. The molecule has 8 heteroatoms. The maximum Gasteiger partial charge on any atom is 0.199 e. The van der Waals surface area contributed by atoms with E-state index in [2.05, 4.69) is 41.1 Å². The van der Waals surface area contributed by atoms with Gasteiger partial charge in [0.05, 0.1) is 12.4 Å². The Balaban J connectivity index is 1.52. The van der Waals surface area contributed by atoms with Crippen molar-refractivity contribution in [3.05, 3.63) is 77.6 Å². The molecular weight excluding hydrogens is 382 g/mol. The summed E-state index contributed by atoms with van der Waals surface area (Å²) in [5.74, 6) is 0.869. The van der Waals surface area contributed by atoms with Crippen LogP contribution in [0.4, 0.5) is 0 Å². The van der Waals surface area contributed by atoms with Gasteiger partial charge in [-0.1, -0.05) is 42.5 Å². The van der Waals surface area contributed by atoms with Crippen molar-refractivity contribution < 1.29 is 0 Å². The molecular formula is C21H23N7S. The molecule has 0 bridgehead atoms. The Bertz CT molecular complexity index is 1130. The molecule has 7 nitrogen and oxygen atoms in total. The fraction of sp³-hybridized carbons (Fsp3) is 0.238. The number of nitrogens with zero attached hydrogens (tertiary/aromatic N) is 7. The van der Waals surface area contributed by atoms with Crippen LogP contribution in [0.2, 0.25) is 0 Å². The maximum absolute atomic E-state index is 5.62. The summed E-state index contributed by atoms with van der Waals surface area (Å²) in [7, 11) is 4.04. The fourth-order valence-electron chi connectivity index (χ4n) is 3.25. The van der Waals surface area contributed by atoms with E-state index in [-0.39, 0.29) is 6.04 Å². The lowest BCUT2D eigenvalue weighted by Gasteiger charge is -2.25. The van der Waals surface area contributed by atoms with Crippen LogP contribution < -0.4 is 0 Å². The molecule has 0 unspecified atom stereocenters. The van der Waals surface area contributed by atoms with Gasteiger partial charge in [-0.2, -0.15) is 10.2 Å². The van der Waals surface area contributed by atoms with Crippen LogP contribution in [0, 0.1) is 4.77 Å². The number of benzene rings is 2. The van der Waals surface area contributed by atoms with Crippen molar-refractivity contribution in [2.45, 2.75) is 19.6 Å². The maximum atomic E-state index is 5.62. The van der Waals surface area contributed by atoms with Gasteiger partial charge >= 0.3 is 0 Å². The third-order valence-corrected chi connectivity index (χ3v) is 5.63. The summed E-state index contributed by atoms with van der Waals surface area (Å²) < 4.78 is 6.27. The average molecular weight is 406 g/mol. The Hall–Kier alpha value is -3.10. The van der Waals surface area contributed by atoms with E-state index in [1.807, 2.05) is 58.8 Å².